The predicted octanol–water partition coefficient (Wildman–Crippen LogP) is 0.877. The molecule has 0 fully saturated rings. The normalized spacial score (nSPS) is 12.9. The van der Waals surface area contributed by atoms with Crippen LogP contribution >= 0.6 is 0 Å². The van der Waals surface area contributed by atoms with Crippen LogP contribution in [0.2, 0.25) is 0 Å². The number of benzene rings is 1. The molecule has 1 rings (SSSR count). The van der Waals surface area contributed by atoms with Crippen molar-refractivity contribution in [1.82, 2.24) is 0 Å². The second-order valence-electron chi connectivity index (χ2n) is 3.13. The van der Waals surface area contributed by atoms with E-state index in [4.69, 9.17) is 0 Å². The van der Waals surface area contributed by atoms with Gasteiger partial charge in [0, 0.05) is 0 Å². The Kier molecular flexibility index (Phi) is 4.26. The number of hydrogen-bond donors (Lipinski definition) is 0. The van der Waals surface area contributed by atoms with Crippen molar-refractivity contribution < 1.29 is 25.2 Å². The van der Waals surface area contributed by atoms with E-state index >= 15 is 0 Å². The van der Waals surface area contributed by atoms with Crippen molar-refractivity contribution in [2.45, 2.75) is 11.8 Å². The Morgan fingerprint density at radius 3 is 2.00 bits per heavy atom. The highest BCUT2D eigenvalue weighted by molar-refractivity contribution is 7.87. The summed E-state index contributed by atoms with van der Waals surface area (Å²) in [6, 6.07) is 7.32. The van der Waals surface area contributed by atoms with Crippen LogP contribution in [0, 0.1) is 6.29 Å². The molecule has 1 radical (unpaired) electrons. The Balaban J connectivity index is 2.82. The quantitative estimate of drug-likeness (QED) is 0.743. The fraction of sp³-hybridized carbons (Fsp3) is 0.222. The lowest BCUT2D eigenvalue weighted by Crippen LogP contribution is -2.15. The summed E-state index contributed by atoms with van der Waals surface area (Å²) in [6.07, 6.45) is 0.214. The van der Waals surface area contributed by atoms with Gasteiger partial charge >= 0.3 is 0 Å². The van der Waals surface area contributed by atoms with Crippen LogP contribution in [0.3, 0.4) is 0 Å². The zero-order chi connectivity index (χ0) is 13.1. The Morgan fingerprint density at radius 2 is 1.53 bits per heavy atom. The van der Waals surface area contributed by atoms with Gasteiger partial charge in [-0.2, -0.15) is 16.8 Å². The second-order valence-corrected chi connectivity index (χ2v) is 6.25. The molecule has 0 aliphatic heterocycles. The molecule has 0 saturated heterocycles. The average molecular weight is 279 g/mol. The Bertz CT molecular complexity index is 561. The summed E-state index contributed by atoms with van der Waals surface area (Å²) in [7, 11) is -7.86. The van der Waals surface area contributed by atoms with Gasteiger partial charge in [-0.05, 0) is 19.1 Å². The molecule has 1 aromatic carbocycles. The fourth-order valence-corrected chi connectivity index (χ4v) is 2.45. The van der Waals surface area contributed by atoms with Gasteiger partial charge in [0.25, 0.3) is 26.5 Å². The van der Waals surface area contributed by atoms with Crippen LogP contribution in [-0.2, 0) is 28.6 Å². The van der Waals surface area contributed by atoms with Crippen molar-refractivity contribution in [2.24, 2.45) is 0 Å². The van der Waals surface area contributed by atoms with Gasteiger partial charge in [0.05, 0.1) is 11.2 Å². The van der Waals surface area contributed by atoms with E-state index in [0.29, 0.717) is 0 Å². The third-order valence-electron chi connectivity index (χ3n) is 1.53. The van der Waals surface area contributed by atoms with Crippen LogP contribution in [0.5, 0.6) is 0 Å². The van der Waals surface area contributed by atoms with Gasteiger partial charge < -0.3 is 0 Å². The average Bonchev–Trinajstić information content (AvgIpc) is 2.15. The van der Waals surface area contributed by atoms with Crippen LogP contribution in [0.1, 0.15) is 6.92 Å². The lowest BCUT2D eigenvalue weighted by molar-refractivity contribution is 0.147. The standard InChI is InChI=1S/C9H11O6S2/c1-8(14-16(2,10)11)15-17(12,13)9-6-4-3-5-7-9/h3-7H,1-2H3. The fourth-order valence-electron chi connectivity index (χ4n) is 1.02. The second kappa shape index (κ2) is 5.13. The van der Waals surface area contributed by atoms with Crippen molar-refractivity contribution in [3.8, 4) is 0 Å². The van der Waals surface area contributed by atoms with E-state index in [1.54, 1.807) is 6.07 Å². The van der Waals surface area contributed by atoms with Gasteiger partial charge in [0.1, 0.15) is 0 Å². The minimum atomic E-state index is -4.06. The van der Waals surface area contributed by atoms with Crippen LogP contribution in [0.4, 0.5) is 0 Å². The largest absolute Gasteiger partial charge is 0.299 e. The number of hydrogen-bond acceptors (Lipinski definition) is 6. The molecule has 1 aromatic rings. The third kappa shape index (κ3) is 4.82. The highest BCUT2D eigenvalue weighted by atomic mass is 32.2. The predicted molar refractivity (Wildman–Crippen MR) is 59.6 cm³/mol. The summed E-state index contributed by atoms with van der Waals surface area (Å²) >= 11 is 0. The van der Waals surface area contributed by atoms with Gasteiger partial charge in [-0.15, -0.1) is 0 Å². The molecule has 0 spiro atoms. The molecule has 0 N–H and O–H groups in total. The summed E-state index contributed by atoms with van der Waals surface area (Å²) in [4.78, 5) is -0.0866. The minimum absolute atomic E-state index is 0.0866. The molecule has 0 aliphatic carbocycles. The van der Waals surface area contributed by atoms with Crippen LogP contribution in [0.25, 0.3) is 0 Å². The van der Waals surface area contributed by atoms with Gasteiger partial charge in [0.15, 0.2) is 0 Å². The first-order valence-electron chi connectivity index (χ1n) is 4.43. The summed E-state index contributed by atoms with van der Waals surface area (Å²) < 4.78 is 53.5. The topological polar surface area (TPSA) is 86.7 Å². The molecule has 0 amide bonds. The molecule has 95 valence electrons. The summed E-state index contributed by atoms with van der Waals surface area (Å²) in [5.41, 5.74) is 0. The monoisotopic (exact) mass is 279 g/mol. The van der Waals surface area contributed by atoms with E-state index in [-0.39, 0.29) is 4.90 Å². The van der Waals surface area contributed by atoms with Gasteiger partial charge in [0.2, 0.25) is 0 Å². The van der Waals surface area contributed by atoms with E-state index in [0.717, 1.165) is 13.2 Å². The van der Waals surface area contributed by atoms with E-state index in [1.165, 1.54) is 24.3 Å². The molecule has 0 bridgehead atoms. The van der Waals surface area contributed by atoms with E-state index in [2.05, 4.69) is 8.37 Å². The lowest BCUT2D eigenvalue weighted by atomic mass is 10.4. The van der Waals surface area contributed by atoms with Crippen molar-refractivity contribution in [3.05, 3.63) is 36.6 Å². The molecule has 0 aliphatic rings. The van der Waals surface area contributed by atoms with E-state index < -0.39 is 26.5 Å². The number of rotatable bonds is 5. The highest BCUT2D eigenvalue weighted by Crippen LogP contribution is 2.18. The maximum Gasteiger partial charge on any atom is 0.299 e. The lowest BCUT2D eigenvalue weighted by Gasteiger charge is -2.10. The highest BCUT2D eigenvalue weighted by Gasteiger charge is 2.23. The van der Waals surface area contributed by atoms with Crippen LogP contribution in [-0.4, -0.2) is 23.1 Å². The van der Waals surface area contributed by atoms with Gasteiger partial charge in [-0.3, -0.25) is 0 Å². The minimum Gasteiger partial charge on any atom is -0.228 e. The Morgan fingerprint density at radius 1 is 1.00 bits per heavy atom. The maximum absolute atomic E-state index is 11.6. The molecule has 17 heavy (non-hydrogen) atoms. The SMILES string of the molecule is C[C](OS(C)(=O)=O)OS(=O)(=O)c1ccccc1. The van der Waals surface area contributed by atoms with Crippen molar-refractivity contribution >= 4 is 20.2 Å². The molecule has 0 aromatic heterocycles. The summed E-state index contributed by atoms with van der Waals surface area (Å²) in [5.74, 6) is 0. The molecule has 8 heteroatoms. The molecule has 0 unspecified atom stereocenters. The van der Waals surface area contributed by atoms with E-state index in [1.807, 2.05) is 0 Å². The first-order chi connectivity index (χ1) is 7.71. The Labute approximate surface area is 100 Å². The zero-order valence-electron chi connectivity index (χ0n) is 9.15. The molecule has 0 atom stereocenters. The first-order valence-corrected chi connectivity index (χ1v) is 7.66. The van der Waals surface area contributed by atoms with Crippen LogP contribution < -0.4 is 0 Å². The third-order valence-corrected chi connectivity index (χ3v) is 3.37. The van der Waals surface area contributed by atoms with Crippen LogP contribution in [0.15, 0.2) is 35.2 Å². The summed E-state index contributed by atoms with van der Waals surface area (Å²) in [6.45, 7) is 1.10. The molecule has 6 nitrogen and oxygen atoms in total. The van der Waals surface area contributed by atoms with E-state index in [9.17, 15) is 16.8 Å². The zero-order valence-corrected chi connectivity index (χ0v) is 10.8. The first kappa shape index (κ1) is 14.1. The molecular weight excluding hydrogens is 268 g/mol. The van der Waals surface area contributed by atoms with Gasteiger partial charge in [-0.25, -0.2) is 8.37 Å². The summed E-state index contributed by atoms with van der Waals surface area (Å²) in [5, 5.41) is 0. The maximum atomic E-state index is 11.6. The van der Waals surface area contributed by atoms with Crippen molar-refractivity contribution in [2.75, 3.05) is 6.26 Å². The van der Waals surface area contributed by atoms with Gasteiger partial charge in [-0.1, -0.05) is 18.2 Å². The smallest absolute Gasteiger partial charge is 0.228 e. The molecular formula is C9H11O6S2. The molecule has 0 saturated carbocycles. The Hall–Kier alpha value is -0.960. The van der Waals surface area contributed by atoms with Crippen molar-refractivity contribution in [3.63, 3.8) is 0 Å². The molecule has 0 heterocycles. The van der Waals surface area contributed by atoms with Crippen molar-refractivity contribution in [1.29, 1.82) is 0 Å².